The van der Waals surface area contributed by atoms with E-state index in [4.69, 9.17) is 48.9 Å². The van der Waals surface area contributed by atoms with Gasteiger partial charge in [0, 0.05) is 71.7 Å². The van der Waals surface area contributed by atoms with Crippen molar-refractivity contribution >= 4 is 277 Å². The Morgan fingerprint density at radius 2 is 0.549 bits per heavy atom. The molecule has 0 bridgehead atoms. The molecule has 102 heavy (non-hydrogen) atoms. The van der Waals surface area contributed by atoms with Crippen molar-refractivity contribution in [1.82, 2.24) is 19.6 Å². The monoisotopic (exact) mass is 1610 g/mol. The highest BCUT2D eigenvalue weighted by atomic mass is 32.2. The average molecular weight is 1610 g/mol. The Balaban J connectivity index is 0.712. The third-order valence-corrected chi connectivity index (χ3v) is 28.4. The number of thiocarbonyl (C=S) groups is 4. The highest BCUT2D eigenvalue weighted by Gasteiger charge is 2.38. The summed E-state index contributed by atoms with van der Waals surface area (Å²) in [7, 11) is 0. The van der Waals surface area contributed by atoms with Crippen LogP contribution in [0.5, 0.6) is 0 Å². The normalized spacial score (nSPS) is 17.4. The first kappa shape index (κ1) is 71.5. The zero-order chi connectivity index (χ0) is 71.4. The lowest BCUT2D eigenvalue weighted by Gasteiger charge is -2.34. The molecule has 0 saturated carbocycles. The van der Waals surface area contributed by atoms with Gasteiger partial charge in [0.2, 0.25) is 0 Å². The number of unbranched alkanes of at least 4 members (excludes halogenated alkanes) is 3. The second-order valence-electron chi connectivity index (χ2n) is 23.1. The van der Waals surface area contributed by atoms with Gasteiger partial charge in [-0.1, -0.05) is 157 Å². The molecule has 18 nitrogen and oxygen atoms in total. The van der Waals surface area contributed by atoms with Gasteiger partial charge >= 0.3 is 23.9 Å². The molecule has 4 aromatic carbocycles. The fraction of sp³-hybridized carbons (Fsp3) is 0.143. The van der Waals surface area contributed by atoms with Crippen molar-refractivity contribution in [3.05, 3.63) is 160 Å². The lowest BCUT2D eigenvalue weighted by molar-refractivity contribution is -0.140. The zero-order valence-electron chi connectivity index (χ0n) is 52.4. The Kier molecular flexibility index (Phi) is 21.2. The summed E-state index contributed by atoms with van der Waals surface area (Å²) in [6.45, 7) is -0.565. The number of fused-ring (bicyclic) bond motifs is 4. The van der Waals surface area contributed by atoms with E-state index in [1.165, 1.54) is 45.3 Å². The number of carboxylic acids is 4. The van der Waals surface area contributed by atoms with Crippen LogP contribution in [0.4, 0.5) is 22.7 Å². The highest BCUT2D eigenvalue weighted by molar-refractivity contribution is 8.28. The number of carboxylic acid groups (broad SMARTS) is 4. The van der Waals surface area contributed by atoms with Crippen LogP contribution in [0.3, 0.4) is 0 Å². The van der Waals surface area contributed by atoms with Crippen LogP contribution < -0.4 is 9.80 Å². The van der Waals surface area contributed by atoms with Gasteiger partial charge in [0.25, 0.3) is 23.6 Å². The van der Waals surface area contributed by atoms with E-state index in [0.717, 1.165) is 209 Å². The van der Waals surface area contributed by atoms with E-state index in [-0.39, 0.29) is 17.3 Å². The smallest absolute Gasteiger partial charge is 0.323 e. The number of nitrogens with zero attached hydrogens (tertiary/aromatic N) is 6. The van der Waals surface area contributed by atoms with Crippen molar-refractivity contribution in [3.63, 3.8) is 0 Å². The molecule has 0 spiro atoms. The van der Waals surface area contributed by atoms with Crippen molar-refractivity contribution < 1.29 is 58.8 Å². The molecule has 0 atom stereocenters. The number of carbonyl (C=O) groups is 8. The standard InChI is InChI=1S/C70H48N6O12S14/c77-59(78)31-73-63(85)55(99-67(73)89)27-39-9-17-47(93-39)35-5-13-43-51(23-35)97-52-24-36(48-18-10-40(94-48)28-56-64(86)74(32-60(79)80)68(90)100-56)6-14-44(52)71(43)21-3-1-2-4-22-72-45-15-7-37(49-19-11-41(95-49)29-57-65(87)75(33-61(81)82)69(91)101-57)25-53(45)98-54-26-38(8-16-46(54)72)50-20-12-42(96-50)30-58-66(88)76(34-62(83)84)70(92)102-58/h5-20,23-30H,1-4,21-22,31-34H2,(H,77,78)(H,79,80)(H,81,82)(H,83,84)/b55-27-,56-28-,57-29-,58-30-. The van der Waals surface area contributed by atoms with E-state index < -0.39 is 73.7 Å². The first-order chi connectivity index (χ1) is 49.0. The molecule has 4 amide bonds. The minimum atomic E-state index is -1.15. The largest absolute Gasteiger partial charge is 0.480 e. The van der Waals surface area contributed by atoms with Gasteiger partial charge in [-0.25, -0.2) is 0 Å². The van der Waals surface area contributed by atoms with Crippen LogP contribution in [-0.2, 0) is 38.4 Å². The Morgan fingerprint density at radius 3 is 0.775 bits per heavy atom. The molecule has 0 radical (unpaired) electrons. The molecule has 4 N–H and O–H groups in total. The Hall–Kier alpha value is -7.54. The second-order valence-corrected chi connectivity index (χ2v) is 36.4. The number of benzene rings is 4. The number of carbonyl (C=O) groups excluding carboxylic acids is 4. The fourth-order valence-corrected chi connectivity index (χ4v) is 23.1. The maximum absolute atomic E-state index is 13.2. The van der Waals surface area contributed by atoms with Gasteiger partial charge in [0.15, 0.2) is 0 Å². The molecule has 4 saturated heterocycles. The van der Waals surface area contributed by atoms with E-state index in [9.17, 15) is 58.8 Å². The molecule has 10 heterocycles. The molecule has 14 rings (SSSR count). The molecular weight excluding hydrogens is 1570 g/mol. The average Bonchev–Trinajstić information content (AvgIpc) is 1.02. The summed E-state index contributed by atoms with van der Waals surface area (Å²) in [4.78, 5) is 121. The predicted octanol–water partition coefficient (Wildman–Crippen LogP) is 17.2. The lowest BCUT2D eigenvalue weighted by Crippen LogP contribution is -2.33. The Morgan fingerprint density at radius 1 is 0.314 bits per heavy atom. The van der Waals surface area contributed by atoms with E-state index in [1.54, 1.807) is 47.8 Å². The Bertz CT molecular complexity index is 4520. The van der Waals surface area contributed by atoms with Crippen LogP contribution in [0.1, 0.15) is 45.2 Å². The third-order valence-electron chi connectivity index (χ3n) is 16.4. The number of thioether (sulfide) groups is 4. The van der Waals surface area contributed by atoms with E-state index in [0.29, 0.717) is 19.6 Å². The van der Waals surface area contributed by atoms with E-state index >= 15 is 0 Å². The van der Waals surface area contributed by atoms with Crippen molar-refractivity contribution in [2.75, 3.05) is 49.1 Å². The summed E-state index contributed by atoms with van der Waals surface area (Å²) in [5.41, 5.74) is 8.24. The highest BCUT2D eigenvalue weighted by Crippen LogP contribution is 2.54. The minimum Gasteiger partial charge on any atom is -0.480 e. The lowest BCUT2D eigenvalue weighted by atomic mass is 10.1. The van der Waals surface area contributed by atoms with Crippen LogP contribution in [0.25, 0.3) is 66.1 Å². The first-order valence-corrected chi connectivity index (χ1v) is 40.6. The molecule has 514 valence electrons. The van der Waals surface area contributed by atoms with Crippen molar-refractivity contribution in [2.45, 2.75) is 45.3 Å². The summed E-state index contributed by atoms with van der Waals surface area (Å²) >= 11 is 35.2. The van der Waals surface area contributed by atoms with Gasteiger partial charge in [0.05, 0.1) is 42.4 Å². The van der Waals surface area contributed by atoms with Gasteiger partial charge in [0.1, 0.15) is 43.5 Å². The summed E-state index contributed by atoms with van der Waals surface area (Å²) in [6, 6.07) is 41.8. The van der Waals surface area contributed by atoms with Crippen LogP contribution >= 0.6 is 165 Å². The van der Waals surface area contributed by atoms with Gasteiger partial charge in [-0.3, -0.25) is 58.0 Å². The number of amides is 4. The van der Waals surface area contributed by atoms with Crippen LogP contribution in [0.2, 0.25) is 0 Å². The molecule has 6 aliphatic heterocycles. The molecule has 4 aromatic heterocycles. The van der Waals surface area contributed by atoms with Gasteiger partial charge in [-0.05, 0) is 156 Å². The number of anilines is 4. The number of thiophene rings is 4. The molecule has 8 aromatic rings. The van der Waals surface area contributed by atoms with E-state index in [1.807, 2.05) is 48.5 Å². The van der Waals surface area contributed by atoms with Crippen LogP contribution in [0.15, 0.2) is 161 Å². The third kappa shape index (κ3) is 15.2. The number of hydrogen-bond donors (Lipinski definition) is 4. The Labute approximate surface area is 645 Å². The number of rotatable bonds is 23. The first-order valence-electron chi connectivity index (χ1n) is 30.8. The summed E-state index contributed by atoms with van der Waals surface area (Å²) in [5.74, 6) is -6.34. The van der Waals surface area contributed by atoms with Crippen molar-refractivity contribution in [1.29, 1.82) is 0 Å². The van der Waals surface area contributed by atoms with Gasteiger partial charge in [-0.15, -0.1) is 45.3 Å². The zero-order valence-corrected chi connectivity index (χ0v) is 63.8. The molecular formula is C70H48N6O12S14. The molecule has 6 aliphatic rings. The maximum atomic E-state index is 13.2. The second kappa shape index (κ2) is 30.3. The quantitative estimate of drug-likeness (QED) is 0.0265. The van der Waals surface area contributed by atoms with Crippen molar-refractivity contribution in [3.8, 4) is 41.8 Å². The van der Waals surface area contributed by atoms with E-state index in [2.05, 4.69) is 82.6 Å². The molecule has 0 aliphatic carbocycles. The number of aliphatic carboxylic acids is 4. The fourth-order valence-electron chi connectivity index (χ4n) is 11.7. The topological polar surface area (TPSA) is 237 Å². The minimum absolute atomic E-state index is 0.201. The summed E-state index contributed by atoms with van der Waals surface area (Å²) in [5, 5.41) is 37.5. The molecule has 32 heteroatoms. The van der Waals surface area contributed by atoms with Gasteiger partial charge in [-0.2, -0.15) is 0 Å². The number of hydrogen-bond acceptors (Lipinski definition) is 24. The molecule has 4 fully saturated rings. The summed E-state index contributed by atoms with van der Waals surface area (Å²) < 4.78 is 0.804. The maximum Gasteiger partial charge on any atom is 0.323 e. The van der Waals surface area contributed by atoms with Crippen LogP contribution in [0, 0.1) is 0 Å². The van der Waals surface area contributed by atoms with Crippen LogP contribution in [-0.4, -0.2) is 144 Å². The summed E-state index contributed by atoms with van der Waals surface area (Å²) in [6.07, 6.45) is 10.6. The van der Waals surface area contributed by atoms with Gasteiger partial charge < -0.3 is 30.2 Å². The van der Waals surface area contributed by atoms with Crippen molar-refractivity contribution in [2.24, 2.45) is 0 Å². The molecule has 0 unspecified atom stereocenters. The predicted molar refractivity (Wildman–Crippen MR) is 430 cm³/mol. The SMILES string of the molecule is O=C(O)CN1C(=O)/C(=C/c2ccc(-c3ccc4c(c3)Sc3cc(-c5ccc(/C=C6\SC(=S)N(CC(=O)O)C6=O)s5)ccc3N4CCCCCCN3c4ccc(-c5ccc(/C=C6\SC(=S)N(CC(=O)O)C6=O)s5)cc4Sc4cc(-c5ccc(/C=C6\SC(=S)N(CC(=O)O)C6=O)s5)ccc43)s2)SC1=S.